The molecule has 0 aliphatic rings. The molecular weight excluding hydrogens is 243 g/mol. The fourth-order valence-electron chi connectivity index (χ4n) is 1.25. The number of carbonyl (C=O) groups excluding carboxylic acids is 2. The van der Waals surface area contributed by atoms with E-state index in [0.29, 0.717) is 11.3 Å². The van der Waals surface area contributed by atoms with Crippen molar-refractivity contribution in [3.05, 3.63) is 29.6 Å². The molecular formula is C11H13FN2O2S. The summed E-state index contributed by atoms with van der Waals surface area (Å²) in [6, 6.07) is 3.99. The van der Waals surface area contributed by atoms with Gasteiger partial charge >= 0.3 is 0 Å². The molecule has 0 radical (unpaired) electrons. The van der Waals surface area contributed by atoms with Gasteiger partial charge in [0.25, 0.3) is 5.91 Å². The van der Waals surface area contributed by atoms with Crippen LogP contribution in [0.3, 0.4) is 0 Å². The van der Waals surface area contributed by atoms with Gasteiger partial charge in [-0.3, -0.25) is 9.59 Å². The topological polar surface area (TPSA) is 72.2 Å². The number of benzene rings is 1. The van der Waals surface area contributed by atoms with Crippen LogP contribution >= 0.6 is 12.6 Å². The van der Waals surface area contributed by atoms with Gasteiger partial charge < -0.3 is 11.1 Å². The molecule has 0 atom stereocenters. The Morgan fingerprint density at radius 1 is 1.41 bits per heavy atom. The average Bonchev–Trinajstić information content (AvgIpc) is 2.27. The number of nitrogens with one attached hydrogen (secondary N) is 1. The second-order valence-corrected chi connectivity index (χ2v) is 4.01. The highest BCUT2D eigenvalue weighted by Crippen LogP contribution is 2.13. The Hall–Kier alpha value is -1.56. The van der Waals surface area contributed by atoms with Crippen molar-refractivity contribution in [2.45, 2.75) is 17.7 Å². The fourth-order valence-corrected chi connectivity index (χ4v) is 1.45. The highest BCUT2D eigenvalue weighted by molar-refractivity contribution is 7.80. The highest BCUT2D eigenvalue weighted by Gasteiger charge is 2.11. The number of thiol groups is 1. The van der Waals surface area contributed by atoms with Crippen molar-refractivity contribution in [2.75, 3.05) is 6.54 Å². The van der Waals surface area contributed by atoms with Gasteiger partial charge in [-0.25, -0.2) is 4.39 Å². The van der Waals surface area contributed by atoms with Gasteiger partial charge in [0.2, 0.25) is 5.91 Å². The zero-order valence-electron chi connectivity index (χ0n) is 9.07. The van der Waals surface area contributed by atoms with Gasteiger partial charge in [-0.05, 0) is 24.6 Å². The summed E-state index contributed by atoms with van der Waals surface area (Å²) in [7, 11) is 0. The van der Waals surface area contributed by atoms with E-state index in [1.165, 1.54) is 18.2 Å². The van der Waals surface area contributed by atoms with Gasteiger partial charge in [0, 0.05) is 17.9 Å². The lowest BCUT2D eigenvalue weighted by Crippen LogP contribution is -2.26. The maximum absolute atomic E-state index is 13.3. The zero-order valence-corrected chi connectivity index (χ0v) is 9.97. The third kappa shape index (κ3) is 4.44. The smallest absolute Gasteiger partial charge is 0.254 e. The van der Waals surface area contributed by atoms with Crippen LogP contribution in [0.2, 0.25) is 0 Å². The van der Waals surface area contributed by atoms with E-state index in [-0.39, 0.29) is 18.5 Å². The van der Waals surface area contributed by atoms with Crippen LogP contribution in [-0.4, -0.2) is 18.4 Å². The number of hydrogen-bond donors (Lipinski definition) is 3. The van der Waals surface area contributed by atoms with Crippen molar-refractivity contribution in [1.29, 1.82) is 0 Å². The summed E-state index contributed by atoms with van der Waals surface area (Å²) in [4.78, 5) is 22.5. The highest BCUT2D eigenvalue weighted by atomic mass is 32.1. The molecule has 0 fully saturated rings. The minimum absolute atomic E-state index is 0.0587. The summed E-state index contributed by atoms with van der Waals surface area (Å²) >= 11 is 4.02. The molecule has 1 aromatic rings. The molecule has 0 spiro atoms. The molecule has 6 heteroatoms. The van der Waals surface area contributed by atoms with Crippen LogP contribution in [0.15, 0.2) is 23.1 Å². The molecule has 0 aliphatic carbocycles. The molecule has 1 rings (SSSR count). The van der Waals surface area contributed by atoms with Crippen LogP contribution in [0.5, 0.6) is 0 Å². The van der Waals surface area contributed by atoms with Crippen LogP contribution in [0.4, 0.5) is 4.39 Å². The van der Waals surface area contributed by atoms with E-state index in [0.717, 1.165) is 0 Å². The number of rotatable bonds is 5. The molecule has 0 aliphatic heterocycles. The molecule has 0 heterocycles. The Kier molecular flexibility index (Phi) is 4.96. The largest absolute Gasteiger partial charge is 0.370 e. The second-order valence-electron chi connectivity index (χ2n) is 3.49. The fraction of sp³-hybridized carbons (Fsp3) is 0.273. The van der Waals surface area contributed by atoms with Crippen LogP contribution in [0, 0.1) is 5.82 Å². The first-order chi connectivity index (χ1) is 8.00. The van der Waals surface area contributed by atoms with Crippen LogP contribution < -0.4 is 11.1 Å². The SMILES string of the molecule is NC(=O)CCCNC(=O)c1cc(S)ccc1F. The van der Waals surface area contributed by atoms with Gasteiger partial charge in [0.05, 0.1) is 5.56 Å². The average molecular weight is 256 g/mol. The summed E-state index contributed by atoms with van der Waals surface area (Å²) in [6.45, 7) is 0.276. The predicted molar refractivity (Wildman–Crippen MR) is 64.4 cm³/mol. The van der Waals surface area contributed by atoms with Gasteiger partial charge in [-0.2, -0.15) is 0 Å². The molecule has 0 unspecified atom stereocenters. The van der Waals surface area contributed by atoms with E-state index in [1.807, 2.05) is 0 Å². The zero-order chi connectivity index (χ0) is 12.8. The first-order valence-electron chi connectivity index (χ1n) is 5.05. The summed E-state index contributed by atoms with van der Waals surface area (Å²) in [5.74, 6) is -1.55. The van der Waals surface area contributed by atoms with Crippen molar-refractivity contribution >= 4 is 24.4 Å². The van der Waals surface area contributed by atoms with Crippen molar-refractivity contribution in [3.8, 4) is 0 Å². The summed E-state index contributed by atoms with van der Waals surface area (Å²) in [5, 5.41) is 2.50. The van der Waals surface area contributed by atoms with Crippen molar-refractivity contribution < 1.29 is 14.0 Å². The quantitative estimate of drug-likeness (QED) is 0.545. The maximum atomic E-state index is 13.3. The van der Waals surface area contributed by atoms with Crippen molar-refractivity contribution in [1.82, 2.24) is 5.32 Å². The molecule has 2 amide bonds. The minimum Gasteiger partial charge on any atom is -0.370 e. The lowest BCUT2D eigenvalue weighted by atomic mass is 10.2. The molecule has 0 aromatic heterocycles. The molecule has 1 aromatic carbocycles. The van der Waals surface area contributed by atoms with E-state index in [9.17, 15) is 14.0 Å². The van der Waals surface area contributed by atoms with E-state index in [4.69, 9.17) is 5.73 Å². The molecule has 17 heavy (non-hydrogen) atoms. The molecule has 0 saturated carbocycles. The first kappa shape index (κ1) is 13.5. The van der Waals surface area contributed by atoms with E-state index >= 15 is 0 Å². The molecule has 0 saturated heterocycles. The molecule has 4 nitrogen and oxygen atoms in total. The van der Waals surface area contributed by atoms with Crippen molar-refractivity contribution in [3.63, 3.8) is 0 Å². The number of halogens is 1. The third-order valence-electron chi connectivity index (χ3n) is 2.08. The van der Waals surface area contributed by atoms with E-state index < -0.39 is 17.6 Å². The Bertz CT molecular complexity index is 437. The minimum atomic E-state index is -0.602. The van der Waals surface area contributed by atoms with Gasteiger partial charge in [0.1, 0.15) is 5.82 Å². The maximum Gasteiger partial charge on any atom is 0.254 e. The van der Waals surface area contributed by atoms with Crippen LogP contribution in [0.1, 0.15) is 23.2 Å². The van der Waals surface area contributed by atoms with Gasteiger partial charge in [-0.1, -0.05) is 0 Å². The number of hydrogen-bond acceptors (Lipinski definition) is 3. The summed E-state index contributed by atoms with van der Waals surface area (Å²) in [5.41, 5.74) is 4.88. The number of nitrogens with two attached hydrogens (primary N) is 1. The third-order valence-corrected chi connectivity index (χ3v) is 2.36. The predicted octanol–water partition coefficient (Wildman–Crippen LogP) is 1.11. The van der Waals surface area contributed by atoms with Gasteiger partial charge in [0.15, 0.2) is 0 Å². The molecule has 92 valence electrons. The lowest BCUT2D eigenvalue weighted by molar-refractivity contribution is -0.118. The summed E-state index contributed by atoms with van der Waals surface area (Å²) < 4.78 is 13.3. The first-order valence-corrected chi connectivity index (χ1v) is 5.50. The van der Waals surface area contributed by atoms with E-state index in [1.54, 1.807) is 0 Å². The number of carbonyl (C=O) groups is 2. The molecule has 3 N–H and O–H groups in total. The standard InChI is InChI=1S/C11H13FN2O2S/c12-9-4-3-7(17)6-8(9)11(16)14-5-1-2-10(13)15/h3-4,6,17H,1-2,5H2,(H2,13,15)(H,14,16). The number of amides is 2. The Morgan fingerprint density at radius 2 is 2.12 bits per heavy atom. The van der Waals surface area contributed by atoms with Gasteiger partial charge in [-0.15, -0.1) is 12.6 Å². The summed E-state index contributed by atoms with van der Waals surface area (Å²) in [6.07, 6.45) is 0.624. The van der Waals surface area contributed by atoms with Crippen LogP contribution in [-0.2, 0) is 4.79 Å². The second kappa shape index (κ2) is 6.24. The monoisotopic (exact) mass is 256 g/mol. The Morgan fingerprint density at radius 3 is 2.76 bits per heavy atom. The molecule has 0 bridgehead atoms. The van der Waals surface area contributed by atoms with Crippen LogP contribution in [0.25, 0.3) is 0 Å². The lowest BCUT2D eigenvalue weighted by Gasteiger charge is -2.06. The Labute approximate surface area is 104 Å². The van der Waals surface area contributed by atoms with Crippen molar-refractivity contribution in [2.24, 2.45) is 5.73 Å². The van der Waals surface area contributed by atoms with E-state index in [2.05, 4.69) is 17.9 Å². The number of primary amides is 1. The Balaban J connectivity index is 2.52. The normalized spacial score (nSPS) is 10.0.